The molecule has 0 atom stereocenters. The van der Waals surface area contributed by atoms with Gasteiger partial charge in [0.2, 0.25) is 5.91 Å². The van der Waals surface area contributed by atoms with E-state index in [9.17, 15) is 4.79 Å². The van der Waals surface area contributed by atoms with Gasteiger partial charge in [-0.05, 0) is 42.5 Å². The van der Waals surface area contributed by atoms with Gasteiger partial charge in [-0.15, -0.1) is 0 Å². The molecule has 0 aliphatic heterocycles. The lowest BCUT2D eigenvalue weighted by Crippen LogP contribution is -2.07. The third kappa shape index (κ3) is 3.25. The molecule has 0 radical (unpaired) electrons. The van der Waals surface area contributed by atoms with Crippen LogP contribution in [0.4, 0.5) is 5.69 Å². The molecule has 1 N–H and O–H groups in total. The van der Waals surface area contributed by atoms with E-state index in [1.807, 2.05) is 0 Å². The zero-order chi connectivity index (χ0) is 12.8. The second-order valence-corrected chi connectivity index (χ2v) is 3.57. The van der Waals surface area contributed by atoms with Crippen molar-refractivity contribution >= 4 is 17.7 Å². The second-order valence-electron chi connectivity index (χ2n) is 3.57. The zero-order valence-corrected chi connectivity index (χ0v) is 9.92. The van der Waals surface area contributed by atoms with Crippen molar-refractivity contribution in [3.05, 3.63) is 54.5 Å². The van der Waals surface area contributed by atoms with Gasteiger partial charge in [0.05, 0.1) is 13.4 Å². The van der Waals surface area contributed by atoms with E-state index >= 15 is 0 Å². The van der Waals surface area contributed by atoms with E-state index in [0.717, 1.165) is 5.75 Å². The zero-order valence-electron chi connectivity index (χ0n) is 9.92. The summed E-state index contributed by atoms with van der Waals surface area (Å²) in [6.45, 7) is 0. The van der Waals surface area contributed by atoms with Crippen molar-refractivity contribution < 1.29 is 13.9 Å². The fourth-order valence-electron chi connectivity index (χ4n) is 1.40. The van der Waals surface area contributed by atoms with Crippen LogP contribution in [0.5, 0.6) is 5.75 Å². The van der Waals surface area contributed by atoms with E-state index in [0.29, 0.717) is 11.4 Å². The Morgan fingerprint density at radius 3 is 2.67 bits per heavy atom. The number of hydrogen-bond donors (Lipinski definition) is 1. The summed E-state index contributed by atoms with van der Waals surface area (Å²) in [4.78, 5) is 11.6. The van der Waals surface area contributed by atoms with Crippen molar-refractivity contribution in [3.8, 4) is 5.75 Å². The highest BCUT2D eigenvalue weighted by molar-refractivity contribution is 6.01. The molecule has 2 rings (SSSR count). The third-order valence-corrected chi connectivity index (χ3v) is 2.30. The van der Waals surface area contributed by atoms with Gasteiger partial charge >= 0.3 is 0 Å². The van der Waals surface area contributed by atoms with E-state index in [-0.39, 0.29) is 5.91 Å². The van der Waals surface area contributed by atoms with Crippen molar-refractivity contribution in [2.75, 3.05) is 12.4 Å². The molecular weight excluding hydrogens is 230 g/mol. The highest BCUT2D eigenvalue weighted by atomic mass is 16.5. The molecule has 4 heteroatoms. The molecule has 92 valence electrons. The number of benzene rings is 1. The summed E-state index contributed by atoms with van der Waals surface area (Å²) in [7, 11) is 1.60. The molecule has 1 aromatic heterocycles. The Morgan fingerprint density at radius 2 is 2.06 bits per heavy atom. The van der Waals surface area contributed by atoms with Crippen molar-refractivity contribution in [2.45, 2.75) is 0 Å². The Hall–Kier alpha value is -2.49. The van der Waals surface area contributed by atoms with Crippen LogP contribution >= 0.6 is 0 Å². The predicted molar refractivity (Wildman–Crippen MR) is 69.4 cm³/mol. The van der Waals surface area contributed by atoms with Crippen molar-refractivity contribution in [3.63, 3.8) is 0 Å². The van der Waals surface area contributed by atoms with Gasteiger partial charge in [-0.2, -0.15) is 0 Å². The van der Waals surface area contributed by atoms with Gasteiger partial charge in [-0.25, -0.2) is 0 Å². The first kappa shape index (κ1) is 12.0. The molecule has 0 aliphatic carbocycles. The van der Waals surface area contributed by atoms with Gasteiger partial charge in [-0.3, -0.25) is 4.79 Å². The number of hydrogen-bond acceptors (Lipinski definition) is 3. The maximum Gasteiger partial charge on any atom is 0.248 e. The molecule has 1 heterocycles. The molecule has 2 aromatic rings. The first-order valence-corrected chi connectivity index (χ1v) is 5.44. The second kappa shape index (κ2) is 5.72. The number of methoxy groups -OCH3 is 1. The van der Waals surface area contributed by atoms with Crippen LogP contribution in [0.25, 0.3) is 6.08 Å². The summed E-state index contributed by atoms with van der Waals surface area (Å²) in [5, 5.41) is 2.73. The summed E-state index contributed by atoms with van der Waals surface area (Å²) in [6.07, 6.45) is 4.59. The van der Waals surface area contributed by atoms with Gasteiger partial charge in [0.25, 0.3) is 0 Å². The van der Waals surface area contributed by atoms with E-state index in [4.69, 9.17) is 9.15 Å². The van der Waals surface area contributed by atoms with Crippen LogP contribution < -0.4 is 10.1 Å². The number of anilines is 1. The fourth-order valence-corrected chi connectivity index (χ4v) is 1.40. The molecule has 1 amide bonds. The quantitative estimate of drug-likeness (QED) is 0.840. The van der Waals surface area contributed by atoms with Crippen molar-refractivity contribution in [1.29, 1.82) is 0 Å². The molecule has 0 bridgehead atoms. The smallest absolute Gasteiger partial charge is 0.248 e. The number of carbonyl (C=O) groups is 1. The van der Waals surface area contributed by atoms with E-state index in [2.05, 4.69) is 5.32 Å². The largest absolute Gasteiger partial charge is 0.497 e. The van der Waals surface area contributed by atoms with Crippen LogP contribution in [0.1, 0.15) is 5.76 Å². The van der Waals surface area contributed by atoms with Gasteiger partial charge < -0.3 is 14.5 Å². The average molecular weight is 243 g/mol. The van der Waals surface area contributed by atoms with E-state index < -0.39 is 0 Å². The van der Waals surface area contributed by atoms with Crippen LogP contribution in [0.2, 0.25) is 0 Å². The van der Waals surface area contributed by atoms with E-state index in [1.165, 1.54) is 6.08 Å². The minimum absolute atomic E-state index is 0.212. The standard InChI is InChI=1S/C14H13NO3/c1-17-12-6-4-11(5-7-12)15-14(16)9-8-13-3-2-10-18-13/h2-10H,1H3,(H,15,16)/b9-8-. The Balaban J connectivity index is 1.94. The topological polar surface area (TPSA) is 51.5 Å². The highest BCUT2D eigenvalue weighted by Gasteiger charge is 1.98. The molecular formula is C14H13NO3. The Kier molecular flexibility index (Phi) is 3.81. The summed E-state index contributed by atoms with van der Waals surface area (Å²) >= 11 is 0. The average Bonchev–Trinajstić information content (AvgIpc) is 2.90. The molecule has 0 spiro atoms. The minimum atomic E-state index is -0.212. The maximum atomic E-state index is 11.6. The monoisotopic (exact) mass is 243 g/mol. The van der Waals surface area contributed by atoms with Gasteiger partial charge in [-0.1, -0.05) is 0 Å². The Bertz CT molecular complexity index is 527. The Morgan fingerprint density at radius 1 is 1.28 bits per heavy atom. The number of ether oxygens (including phenoxy) is 1. The predicted octanol–water partition coefficient (Wildman–Crippen LogP) is 2.94. The van der Waals surface area contributed by atoms with Gasteiger partial charge in [0.1, 0.15) is 11.5 Å². The lowest BCUT2D eigenvalue weighted by Gasteiger charge is -2.03. The number of carbonyl (C=O) groups excluding carboxylic acids is 1. The summed E-state index contributed by atoms with van der Waals surface area (Å²) in [5.41, 5.74) is 0.713. The van der Waals surface area contributed by atoms with Crippen LogP contribution in [-0.4, -0.2) is 13.0 Å². The van der Waals surface area contributed by atoms with Gasteiger partial charge in [0.15, 0.2) is 0 Å². The van der Waals surface area contributed by atoms with Crippen LogP contribution in [-0.2, 0) is 4.79 Å². The van der Waals surface area contributed by atoms with Crippen LogP contribution in [0.3, 0.4) is 0 Å². The van der Waals surface area contributed by atoms with Crippen LogP contribution in [0, 0.1) is 0 Å². The van der Waals surface area contributed by atoms with E-state index in [1.54, 1.807) is 55.8 Å². The Labute approximate surface area is 105 Å². The third-order valence-electron chi connectivity index (χ3n) is 2.30. The number of nitrogens with one attached hydrogen (secondary N) is 1. The minimum Gasteiger partial charge on any atom is -0.497 e. The van der Waals surface area contributed by atoms with Crippen LogP contribution in [0.15, 0.2) is 53.2 Å². The highest BCUT2D eigenvalue weighted by Crippen LogP contribution is 2.15. The first-order chi connectivity index (χ1) is 8.78. The summed E-state index contributed by atoms with van der Waals surface area (Å²) in [6, 6.07) is 10.7. The molecule has 0 saturated carbocycles. The van der Waals surface area contributed by atoms with Crippen molar-refractivity contribution in [2.24, 2.45) is 0 Å². The molecule has 0 fully saturated rings. The lowest BCUT2D eigenvalue weighted by molar-refractivity contribution is -0.111. The lowest BCUT2D eigenvalue weighted by atomic mass is 10.3. The summed E-state index contributed by atoms with van der Waals surface area (Å²) < 4.78 is 10.1. The molecule has 18 heavy (non-hydrogen) atoms. The molecule has 0 aliphatic rings. The molecule has 0 unspecified atom stereocenters. The van der Waals surface area contributed by atoms with Crippen molar-refractivity contribution in [1.82, 2.24) is 0 Å². The summed E-state index contributed by atoms with van der Waals surface area (Å²) in [5.74, 6) is 1.18. The molecule has 4 nitrogen and oxygen atoms in total. The fraction of sp³-hybridized carbons (Fsp3) is 0.0714. The molecule has 0 saturated heterocycles. The SMILES string of the molecule is COc1ccc(NC(=O)/C=C\c2ccco2)cc1. The maximum absolute atomic E-state index is 11.6. The normalized spacial score (nSPS) is 10.5. The first-order valence-electron chi connectivity index (χ1n) is 5.44. The number of amides is 1. The number of furan rings is 1. The number of rotatable bonds is 4. The van der Waals surface area contributed by atoms with Gasteiger partial charge in [0, 0.05) is 11.8 Å². The molecule has 1 aromatic carbocycles.